The molecule has 0 fully saturated rings. The minimum atomic E-state index is -0.419. The fourth-order valence-electron chi connectivity index (χ4n) is 1.54. The maximum absolute atomic E-state index is 10.5. The third-order valence-electron chi connectivity index (χ3n) is 2.66. The molecule has 18 heavy (non-hydrogen) atoms. The molecule has 0 atom stereocenters. The van der Waals surface area contributed by atoms with Crippen LogP contribution in [0.25, 0.3) is 0 Å². The minimum absolute atomic E-state index is 0.0828. The third-order valence-corrected chi connectivity index (χ3v) is 2.66. The quantitative estimate of drug-likeness (QED) is 0.373. The zero-order chi connectivity index (χ0) is 13.5. The molecule has 1 rings (SSSR count). The van der Waals surface area contributed by atoms with Crippen molar-refractivity contribution in [3.63, 3.8) is 0 Å². The van der Waals surface area contributed by atoms with Crippen LogP contribution >= 0.6 is 0 Å². The topological polar surface area (TPSA) is 84.8 Å². The zero-order valence-corrected chi connectivity index (χ0v) is 10.7. The van der Waals surface area contributed by atoms with Crippen LogP contribution in [-0.2, 0) is 6.54 Å². The average molecular weight is 250 g/mol. The van der Waals surface area contributed by atoms with Gasteiger partial charge in [-0.25, -0.2) is 4.99 Å². The van der Waals surface area contributed by atoms with Crippen molar-refractivity contribution < 1.29 is 4.92 Å². The first-order valence-electron chi connectivity index (χ1n) is 5.86. The normalized spacial score (nSPS) is 11.3. The molecule has 0 unspecified atom stereocenters. The number of rotatable bonds is 5. The Morgan fingerprint density at radius 3 is 2.33 bits per heavy atom. The lowest BCUT2D eigenvalue weighted by Gasteiger charge is -2.19. The van der Waals surface area contributed by atoms with Crippen molar-refractivity contribution in [2.75, 3.05) is 13.1 Å². The molecule has 0 amide bonds. The van der Waals surface area contributed by atoms with E-state index in [-0.39, 0.29) is 5.69 Å². The molecule has 0 aromatic heterocycles. The molecule has 0 bridgehead atoms. The molecule has 1 aromatic carbocycles. The van der Waals surface area contributed by atoms with Gasteiger partial charge in [-0.3, -0.25) is 10.1 Å². The molecule has 98 valence electrons. The van der Waals surface area contributed by atoms with Gasteiger partial charge in [0.15, 0.2) is 5.96 Å². The molecular formula is C12H18N4O2. The SMILES string of the molecule is CCN(CC)C(N)=NCc1ccc([N+](=O)[O-])cc1. The van der Waals surface area contributed by atoms with Gasteiger partial charge in [0.05, 0.1) is 11.5 Å². The fraction of sp³-hybridized carbons (Fsp3) is 0.417. The number of hydrogen-bond acceptors (Lipinski definition) is 3. The van der Waals surface area contributed by atoms with E-state index in [2.05, 4.69) is 4.99 Å². The summed E-state index contributed by atoms with van der Waals surface area (Å²) in [7, 11) is 0. The molecule has 0 saturated carbocycles. The maximum Gasteiger partial charge on any atom is 0.269 e. The van der Waals surface area contributed by atoms with Crippen molar-refractivity contribution in [1.29, 1.82) is 0 Å². The van der Waals surface area contributed by atoms with E-state index in [1.165, 1.54) is 12.1 Å². The number of aliphatic imine (C=N–C) groups is 1. The molecule has 6 nitrogen and oxygen atoms in total. The summed E-state index contributed by atoms with van der Waals surface area (Å²) in [5.74, 6) is 0.498. The second-order valence-electron chi connectivity index (χ2n) is 3.77. The number of benzene rings is 1. The van der Waals surface area contributed by atoms with Crippen LogP contribution in [0.1, 0.15) is 19.4 Å². The predicted octanol–water partition coefficient (Wildman–Crippen LogP) is 1.75. The standard InChI is InChI=1S/C12H18N4O2/c1-3-15(4-2)12(13)14-9-10-5-7-11(8-6-10)16(17)18/h5-8H,3-4,9H2,1-2H3,(H2,13,14). The van der Waals surface area contributed by atoms with Crippen molar-refractivity contribution in [3.05, 3.63) is 39.9 Å². The van der Waals surface area contributed by atoms with E-state index in [1.54, 1.807) is 12.1 Å². The highest BCUT2D eigenvalue weighted by molar-refractivity contribution is 5.78. The van der Waals surface area contributed by atoms with Gasteiger partial charge in [0.25, 0.3) is 5.69 Å². The Bertz CT molecular complexity index is 424. The lowest BCUT2D eigenvalue weighted by Crippen LogP contribution is -2.37. The number of nitro groups is 1. The van der Waals surface area contributed by atoms with E-state index >= 15 is 0 Å². The van der Waals surface area contributed by atoms with Crippen LogP contribution in [0.3, 0.4) is 0 Å². The summed E-state index contributed by atoms with van der Waals surface area (Å²) in [4.78, 5) is 16.3. The number of nitrogens with two attached hydrogens (primary N) is 1. The van der Waals surface area contributed by atoms with Gasteiger partial charge in [-0.1, -0.05) is 12.1 Å². The van der Waals surface area contributed by atoms with Gasteiger partial charge in [0, 0.05) is 25.2 Å². The van der Waals surface area contributed by atoms with E-state index in [4.69, 9.17) is 5.73 Å². The molecule has 1 aromatic rings. The van der Waals surface area contributed by atoms with Crippen molar-refractivity contribution >= 4 is 11.6 Å². The molecule has 0 heterocycles. The number of nitro benzene ring substituents is 1. The Labute approximate surface area is 106 Å². The maximum atomic E-state index is 10.5. The highest BCUT2D eigenvalue weighted by Gasteiger charge is 2.04. The van der Waals surface area contributed by atoms with Crippen LogP contribution in [-0.4, -0.2) is 28.9 Å². The zero-order valence-electron chi connectivity index (χ0n) is 10.7. The summed E-state index contributed by atoms with van der Waals surface area (Å²) in [6.07, 6.45) is 0. The first kappa shape index (κ1) is 14.0. The molecule has 2 N–H and O–H groups in total. The Hall–Kier alpha value is -2.11. The Morgan fingerprint density at radius 2 is 1.89 bits per heavy atom. The lowest BCUT2D eigenvalue weighted by atomic mass is 10.2. The minimum Gasteiger partial charge on any atom is -0.370 e. The van der Waals surface area contributed by atoms with Crippen molar-refractivity contribution in [2.45, 2.75) is 20.4 Å². The van der Waals surface area contributed by atoms with Gasteiger partial charge in [0.2, 0.25) is 0 Å². The van der Waals surface area contributed by atoms with Crippen LogP contribution in [0.15, 0.2) is 29.3 Å². The summed E-state index contributed by atoms with van der Waals surface area (Å²) in [6.45, 7) is 6.08. The monoisotopic (exact) mass is 250 g/mol. The Kier molecular flexibility index (Phi) is 5.10. The Balaban J connectivity index is 2.68. The van der Waals surface area contributed by atoms with Crippen LogP contribution in [0, 0.1) is 10.1 Å². The summed E-state index contributed by atoms with van der Waals surface area (Å²) in [5, 5.41) is 10.5. The predicted molar refractivity (Wildman–Crippen MR) is 71.3 cm³/mol. The van der Waals surface area contributed by atoms with Crippen LogP contribution < -0.4 is 5.73 Å². The highest BCUT2D eigenvalue weighted by atomic mass is 16.6. The molecule has 0 radical (unpaired) electrons. The van der Waals surface area contributed by atoms with E-state index in [9.17, 15) is 10.1 Å². The van der Waals surface area contributed by atoms with E-state index in [0.29, 0.717) is 12.5 Å². The number of guanidine groups is 1. The van der Waals surface area contributed by atoms with E-state index < -0.39 is 4.92 Å². The first-order chi connectivity index (χ1) is 8.58. The van der Waals surface area contributed by atoms with E-state index in [1.807, 2.05) is 18.7 Å². The number of hydrogen-bond donors (Lipinski definition) is 1. The highest BCUT2D eigenvalue weighted by Crippen LogP contribution is 2.12. The summed E-state index contributed by atoms with van der Waals surface area (Å²) >= 11 is 0. The lowest BCUT2D eigenvalue weighted by molar-refractivity contribution is -0.384. The summed E-state index contributed by atoms with van der Waals surface area (Å²) < 4.78 is 0. The average Bonchev–Trinajstić information content (AvgIpc) is 2.38. The molecule has 0 aliphatic rings. The van der Waals surface area contributed by atoms with Crippen molar-refractivity contribution in [1.82, 2.24) is 4.90 Å². The van der Waals surface area contributed by atoms with Crippen molar-refractivity contribution in [2.24, 2.45) is 10.7 Å². The second-order valence-corrected chi connectivity index (χ2v) is 3.77. The first-order valence-corrected chi connectivity index (χ1v) is 5.86. The van der Waals surface area contributed by atoms with Gasteiger partial charge in [-0.15, -0.1) is 0 Å². The smallest absolute Gasteiger partial charge is 0.269 e. The Morgan fingerprint density at radius 1 is 1.33 bits per heavy atom. The molecule has 0 aliphatic carbocycles. The molecular weight excluding hydrogens is 232 g/mol. The number of non-ortho nitro benzene ring substituents is 1. The van der Waals surface area contributed by atoms with E-state index in [0.717, 1.165) is 18.7 Å². The molecule has 0 saturated heterocycles. The van der Waals surface area contributed by atoms with Gasteiger partial charge < -0.3 is 10.6 Å². The van der Waals surface area contributed by atoms with Crippen molar-refractivity contribution in [3.8, 4) is 0 Å². The number of nitrogens with zero attached hydrogens (tertiary/aromatic N) is 3. The summed E-state index contributed by atoms with van der Waals surface area (Å²) in [5.41, 5.74) is 6.81. The van der Waals surface area contributed by atoms with Gasteiger partial charge in [-0.05, 0) is 19.4 Å². The van der Waals surface area contributed by atoms with Gasteiger partial charge in [0.1, 0.15) is 0 Å². The van der Waals surface area contributed by atoms with Crippen LogP contribution in [0.5, 0.6) is 0 Å². The van der Waals surface area contributed by atoms with Crippen LogP contribution in [0.4, 0.5) is 5.69 Å². The molecule has 0 aliphatic heterocycles. The molecule has 0 spiro atoms. The fourth-order valence-corrected chi connectivity index (χ4v) is 1.54. The van der Waals surface area contributed by atoms with Gasteiger partial charge in [-0.2, -0.15) is 0 Å². The largest absolute Gasteiger partial charge is 0.370 e. The molecule has 6 heteroatoms. The summed E-state index contributed by atoms with van der Waals surface area (Å²) in [6, 6.07) is 6.32. The second kappa shape index (κ2) is 6.58. The third kappa shape index (κ3) is 3.73. The van der Waals surface area contributed by atoms with Crippen LogP contribution in [0.2, 0.25) is 0 Å². The van der Waals surface area contributed by atoms with Gasteiger partial charge >= 0.3 is 0 Å².